The van der Waals surface area contributed by atoms with Crippen molar-refractivity contribution in [2.24, 2.45) is 0 Å². The first kappa shape index (κ1) is 66.8. The molecule has 28 nitrogen and oxygen atoms in total. The first-order valence-electron chi connectivity index (χ1n) is 27.9. The van der Waals surface area contributed by atoms with Crippen LogP contribution in [0.5, 0.6) is 17.2 Å². The first-order valence-corrected chi connectivity index (χ1v) is 27.9. The number of phenolic OH excluding ortho intramolecular Hbond substituents is 2. The number of unbranched alkanes of at least 4 members (excludes halogenated alkanes) is 3. The Labute approximate surface area is 491 Å². The van der Waals surface area contributed by atoms with Gasteiger partial charge in [-0.25, -0.2) is 19.4 Å². The number of nitrogens with one attached hydrogen (secondary N) is 6. The number of carboxylic acids is 5. The standard InChI is InChI=1S/C57H78N12O16/c70-47-14-5-3-11-41(47)32-66(29-30-67(37-53(76)77)33-42-12-4-6-15-48(42)71)36-51(73)60-24-10-27-69-34-43(63-64-69)39-85-44-19-17-40(18-20-44)31-65(35-49-58-25-28-68(49)38-54(78)79)26-9-1-2-16-50(72)59-23-8-7-13-45(55(80)81)61-57(84)62-46(56(82)83)21-22-52(74)75/h3-6,11-12,14-15,17-20,25,28,34,45-46,63-64,70-71H,1-2,7-10,13,16,21-24,26-27,29-33,35-39H2,(H,59,72)(H,60,73)(H,74,75)(H,76,77)(H,78,79)(H,80,81)(H,82,83)(H2,61,62,84). The third-order valence-electron chi connectivity index (χ3n) is 13.5. The SMILES string of the molecule is O=C(O)CCC(NC(=O)NC(CCCCNC(=O)CCCCCN(Cc1ccc(OCC2=CN(CCCNC(=O)CN(CCN(CC(=O)O)Cc3ccccc3O)Cc3ccccc3O)NN2)cc1)Cc1nccn1CC(=O)O)C(=O)O)C(=O)O. The number of hydrogen-bond donors (Lipinski definition) is 13. The third kappa shape index (κ3) is 26.0. The van der Waals surface area contributed by atoms with Gasteiger partial charge in [0.15, 0.2) is 0 Å². The van der Waals surface area contributed by atoms with Gasteiger partial charge in [0, 0.05) is 94.9 Å². The number of nitrogens with zero attached hydrogens (tertiary/aromatic N) is 6. The molecule has 2 heterocycles. The van der Waals surface area contributed by atoms with Crippen LogP contribution in [0.4, 0.5) is 4.79 Å². The Morgan fingerprint density at radius 2 is 1.22 bits per heavy atom. The molecule has 0 fully saturated rings. The van der Waals surface area contributed by atoms with E-state index in [9.17, 15) is 69.0 Å². The van der Waals surface area contributed by atoms with Crippen LogP contribution in [0.15, 0.2) is 97.1 Å². The van der Waals surface area contributed by atoms with E-state index in [-0.39, 0.29) is 95.0 Å². The topological polar surface area (TPSA) is 390 Å². The smallest absolute Gasteiger partial charge is 0.326 e. The molecule has 13 N–H and O–H groups in total. The van der Waals surface area contributed by atoms with E-state index < -0.39 is 54.4 Å². The van der Waals surface area contributed by atoms with Crippen molar-refractivity contribution < 1.29 is 78.8 Å². The predicted octanol–water partition coefficient (Wildman–Crippen LogP) is 2.44. The van der Waals surface area contributed by atoms with Crippen molar-refractivity contribution in [1.82, 2.24) is 61.5 Å². The minimum atomic E-state index is -1.52. The van der Waals surface area contributed by atoms with Crippen LogP contribution in [0.25, 0.3) is 0 Å². The zero-order chi connectivity index (χ0) is 61.5. The lowest BCUT2D eigenvalue weighted by atomic mass is 10.1. The Hall–Kier alpha value is -8.99. The maximum Gasteiger partial charge on any atom is 0.326 e. The maximum absolute atomic E-state index is 13.2. The van der Waals surface area contributed by atoms with E-state index in [1.54, 1.807) is 70.4 Å². The van der Waals surface area contributed by atoms with E-state index in [1.165, 1.54) is 0 Å². The Kier molecular flexibility index (Phi) is 28.2. The largest absolute Gasteiger partial charge is 0.508 e. The molecule has 3 aromatic carbocycles. The van der Waals surface area contributed by atoms with Crippen molar-refractivity contribution in [1.29, 1.82) is 0 Å². The molecule has 85 heavy (non-hydrogen) atoms. The molecule has 1 aromatic heterocycles. The van der Waals surface area contributed by atoms with Crippen molar-refractivity contribution >= 4 is 47.7 Å². The molecular weight excluding hydrogens is 1110 g/mol. The highest BCUT2D eigenvalue weighted by atomic mass is 16.5. The summed E-state index contributed by atoms with van der Waals surface area (Å²) >= 11 is 0. The van der Waals surface area contributed by atoms with Crippen LogP contribution < -0.4 is 37.0 Å². The fourth-order valence-electron chi connectivity index (χ4n) is 9.03. The summed E-state index contributed by atoms with van der Waals surface area (Å²) < 4.78 is 7.66. The number of carbonyl (C=O) groups excluding carboxylic acids is 3. The zero-order valence-corrected chi connectivity index (χ0v) is 47.3. The summed E-state index contributed by atoms with van der Waals surface area (Å²) in [4.78, 5) is 105. The Bertz CT molecular complexity index is 2850. The number of ether oxygens (including phenoxy) is 1. The molecule has 0 spiro atoms. The lowest BCUT2D eigenvalue weighted by molar-refractivity contribution is -0.141. The summed E-state index contributed by atoms with van der Waals surface area (Å²) in [5.74, 6) is -5.14. The summed E-state index contributed by atoms with van der Waals surface area (Å²) in [6.07, 6.45) is 7.76. The van der Waals surface area contributed by atoms with Crippen LogP contribution >= 0.6 is 0 Å². The number of carboxylic acid groups (broad SMARTS) is 5. The minimum Gasteiger partial charge on any atom is -0.508 e. The molecule has 4 aromatic rings. The monoisotopic (exact) mass is 1190 g/mol. The van der Waals surface area contributed by atoms with Gasteiger partial charge in [0.2, 0.25) is 11.8 Å². The van der Waals surface area contributed by atoms with Gasteiger partial charge in [-0.1, -0.05) is 55.0 Å². The quantitative estimate of drug-likeness (QED) is 0.0283. The second-order valence-corrected chi connectivity index (χ2v) is 20.4. The molecule has 28 heteroatoms. The number of aromatic nitrogens is 2. The Balaban J connectivity index is 1.02. The van der Waals surface area contributed by atoms with E-state index in [4.69, 9.17) is 9.84 Å². The van der Waals surface area contributed by atoms with Crippen LogP contribution in [0, 0.1) is 0 Å². The van der Waals surface area contributed by atoms with E-state index in [2.05, 4.69) is 42.1 Å². The fourth-order valence-corrected chi connectivity index (χ4v) is 9.03. The molecule has 1 aliphatic rings. The average Bonchev–Trinajstić information content (AvgIpc) is 4.37. The number of amides is 4. The van der Waals surface area contributed by atoms with Crippen molar-refractivity contribution in [2.45, 2.75) is 109 Å². The Morgan fingerprint density at radius 1 is 0.600 bits per heavy atom. The molecule has 2 unspecified atom stereocenters. The first-order chi connectivity index (χ1) is 40.8. The van der Waals surface area contributed by atoms with Gasteiger partial charge in [-0.3, -0.25) is 43.7 Å². The van der Waals surface area contributed by atoms with E-state index >= 15 is 0 Å². The van der Waals surface area contributed by atoms with Crippen LogP contribution in [0.2, 0.25) is 0 Å². The molecule has 0 radical (unpaired) electrons. The summed E-state index contributed by atoms with van der Waals surface area (Å²) in [5, 5.41) is 79.4. The minimum absolute atomic E-state index is 0.00152. The molecule has 2 atom stereocenters. The van der Waals surface area contributed by atoms with Crippen LogP contribution in [0.3, 0.4) is 0 Å². The highest BCUT2D eigenvalue weighted by Crippen LogP contribution is 2.21. The number of hydrazine groups is 2. The van der Waals surface area contributed by atoms with Crippen molar-refractivity contribution in [3.05, 3.63) is 120 Å². The average molecular weight is 1190 g/mol. The molecule has 1 aliphatic heterocycles. The highest BCUT2D eigenvalue weighted by molar-refractivity contribution is 5.86. The van der Waals surface area contributed by atoms with Crippen molar-refractivity contribution in [3.8, 4) is 17.2 Å². The molecular formula is C57H78N12O16. The van der Waals surface area contributed by atoms with E-state index in [1.807, 2.05) is 40.4 Å². The van der Waals surface area contributed by atoms with E-state index in [0.717, 1.165) is 17.7 Å². The molecule has 4 amide bonds. The van der Waals surface area contributed by atoms with E-state index in [0.29, 0.717) is 94.1 Å². The number of para-hydroxylation sites is 2. The zero-order valence-electron chi connectivity index (χ0n) is 47.3. The number of hydrogen-bond acceptors (Lipinski definition) is 18. The summed E-state index contributed by atoms with van der Waals surface area (Å²) in [7, 11) is 0. The molecule has 0 saturated heterocycles. The number of carbonyl (C=O) groups is 8. The van der Waals surface area contributed by atoms with Gasteiger partial charge in [-0.05, 0) is 81.3 Å². The van der Waals surface area contributed by atoms with Gasteiger partial charge in [0.05, 0.1) is 25.3 Å². The molecule has 0 saturated carbocycles. The van der Waals surface area contributed by atoms with Gasteiger partial charge in [0.1, 0.15) is 48.3 Å². The van der Waals surface area contributed by atoms with Gasteiger partial charge in [-0.2, -0.15) is 0 Å². The number of phenols is 2. The van der Waals surface area contributed by atoms with Gasteiger partial charge in [-0.15, -0.1) is 5.53 Å². The van der Waals surface area contributed by atoms with Gasteiger partial charge >= 0.3 is 35.9 Å². The lowest BCUT2D eigenvalue weighted by Gasteiger charge is -2.27. The Morgan fingerprint density at radius 3 is 1.85 bits per heavy atom. The van der Waals surface area contributed by atoms with Crippen LogP contribution in [0.1, 0.15) is 86.7 Å². The summed E-state index contributed by atoms with van der Waals surface area (Å²) in [6, 6.07) is 17.2. The number of benzene rings is 3. The molecule has 0 aliphatic carbocycles. The van der Waals surface area contributed by atoms with Crippen molar-refractivity contribution in [3.63, 3.8) is 0 Å². The van der Waals surface area contributed by atoms with Gasteiger partial charge in [0.25, 0.3) is 0 Å². The normalized spacial score (nSPS) is 12.7. The van der Waals surface area contributed by atoms with Crippen LogP contribution in [-0.4, -0.2) is 184 Å². The summed E-state index contributed by atoms with van der Waals surface area (Å²) in [6.45, 7) is 3.39. The third-order valence-corrected chi connectivity index (χ3v) is 13.5. The number of aromatic hydroxyl groups is 2. The van der Waals surface area contributed by atoms with Crippen molar-refractivity contribution in [2.75, 3.05) is 59.0 Å². The second-order valence-electron chi connectivity index (χ2n) is 20.4. The predicted molar refractivity (Wildman–Crippen MR) is 306 cm³/mol. The second kappa shape index (κ2) is 35.9. The summed E-state index contributed by atoms with van der Waals surface area (Å²) in [5.41, 5.74) is 9.10. The maximum atomic E-state index is 13.2. The van der Waals surface area contributed by atoms with Gasteiger partial charge < -0.3 is 71.7 Å². The lowest BCUT2D eigenvalue weighted by Crippen LogP contribution is -2.51. The van der Waals surface area contributed by atoms with Crippen LogP contribution in [-0.2, 0) is 66.3 Å². The molecule has 0 bridgehead atoms. The fraction of sp³-hybridized carbons (Fsp3) is 0.456. The highest BCUT2D eigenvalue weighted by Gasteiger charge is 2.25. The number of imidazole rings is 1. The number of urea groups is 1. The number of aliphatic carboxylic acids is 5. The molecule has 462 valence electrons. The number of rotatable bonds is 42. The molecule has 5 rings (SSSR count).